The van der Waals surface area contributed by atoms with E-state index in [-0.39, 0.29) is 36.0 Å². The number of nitro benzene ring substituents is 1. The summed E-state index contributed by atoms with van der Waals surface area (Å²) in [6.07, 6.45) is 2.05. The molecule has 1 amide bonds. The number of ether oxygens (including phenoxy) is 1. The van der Waals surface area contributed by atoms with Gasteiger partial charge in [-0.2, -0.15) is 0 Å². The van der Waals surface area contributed by atoms with E-state index in [0.717, 1.165) is 25.9 Å². The van der Waals surface area contributed by atoms with Crippen molar-refractivity contribution in [1.29, 1.82) is 0 Å². The highest BCUT2D eigenvalue weighted by Crippen LogP contribution is 2.26. The normalized spacial score (nSPS) is 16.0. The molecule has 0 bridgehead atoms. The summed E-state index contributed by atoms with van der Waals surface area (Å²) in [5, 5.41) is 16.8. The second kappa shape index (κ2) is 8.69. The molecule has 128 valence electrons. The first-order valence-corrected chi connectivity index (χ1v) is 7.33. The summed E-state index contributed by atoms with van der Waals surface area (Å²) in [5.41, 5.74) is 0.0621. The molecular formula is C15H22ClN3O4. The first kappa shape index (κ1) is 19.2. The molecule has 0 radical (unpaired) electrons. The number of hydrogen-bond donors (Lipinski definition) is 2. The van der Waals surface area contributed by atoms with Gasteiger partial charge in [-0.15, -0.1) is 12.4 Å². The lowest BCUT2D eigenvalue weighted by Gasteiger charge is -2.34. The molecule has 1 fully saturated rings. The van der Waals surface area contributed by atoms with Crippen molar-refractivity contribution < 1.29 is 14.5 Å². The third-order valence-corrected chi connectivity index (χ3v) is 3.92. The lowest BCUT2D eigenvalue weighted by molar-refractivity contribution is -0.384. The van der Waals surface area contributed by atoms with E-state index < -0.39 is 4.92 Å². The van der Waals surface area contributed by atoms with E-state index in [1.54, 1.807) is 6.07 Å². The van der Waals surface area contributed by atoms with Gasteiger partial charge in [-0.05, 0) is 37.4 Å². The van der Waals surface area contributed by atoms with Crippen molar-refractivity contribution in [3.63, 3.8) is 0 Å². The molecule has 1 heterocycles. The summed E-state index contributed by atoms with van der Waals surface area (Å²) >= 11 is 0. The number of non-ortho nitro benzene ring substituents is 1. The number of carbonyl (C=O) groups is 1. The minimum atomic E-state index is -0.495. The lowest BCUT2D eigenvalue weighted by atomic mass is 9.81. The Morgan fingerprint density at radius 2 is 2.13 bits per heavy atom. The molecule has 0 unspecified atom stereocenters. The Labute approximate surface area is 141 Å². The van der Waals surface area contributed by atoms with E-state index >= 15 is 0 Å². The molecular weight excluding hydrogens is 322 g/mol. The van der Waals surface area contributed by atoms with Gasteiger partial charge in [0.05, 0.1) is 11.0 Å². The second-order valence-corrected chi connectivity index (χ2v) is 5.88. The van der Waals surface area contributed by atoms with Gasteiger partial charge in [0.1, 0.15) is 5.75 Å². The van der Waals surface area contributed by atoms with E-state index in [2.05, 4.69) is 17.6 Å². The van der Waals surface area contributed by atoms with Gasteiger partial charge in [-0.25, -0.2) is 0 Å². The van der Waals surface area contributed by atoms with Crippen molar-refractivity contribution in [3.8, 4) is 5.75 Å². The number of nitrogens with zero attached hydrogens (tertiary/aromatic N) is 1. The van der Waals surface area contributed by atoms with Gasteiger partial charge in [0.25, 0.3) is 11.6 Å². The number of hydrogen-bond acceptors (Lipinski definition) is 5. The first-order chi connectivity index (χ1) is 10.5. The van der Waals surface area contributed by atoms with E-state index in [9.17, 15) is 14.9 Å². The van der Waals surface area contributed by atoms with Gasteiger partial charge < -0.3 is 15.4 Å². The van der Waals surface area contributed by atoms with E-state index in [0.29, 0.717) is 12.3 Å². The van der Waals surface area contributed by atoms with Crippen molar-refractivity contribution in [2.24, 2.45) is 5.41 Å². The zero-order valence-electron chi connectivity index (χ0n) is 13.0. The van der Waals surface area contributed by atoms with Gasteiger partial charge >= 0.3 is 0 Å². The van der Waals surface area contributed by atoms with Crippen LogP contribution in [0.15, 0.2) is 24.3 Å². The molecule has 1 aliphatic rings. The summed E-state index contributed by atoms with van der Waals surface area (Å²) in [6.45, 7) is 4.57. The molecule has 1 aliphatic heterocycles. The van der Waals surface area contributed by atoms with E-state index in [4.69, 9.17) is 4.74 Å². The largest absolute Gasteiger partial charge is 0.484 e. The van der Waals surface area contributed by atoms with Crippen LogP contribution in [0.5, 0.6) is 5.75 Å². The van der Waals surface area contributed by atoms with Gasteiger partial charge in [0, 0.05) is 12.6 Å². The minimum absolute atomic E-state index is 0. The molecule has 7 nitrogen and oxygen atoms in total. The lowest BCUT2D eigenvalue weighted by Crippen LogP contribution is -2.43. The van der Waals surface area contributed by atoms with Gasteiger partial charge in [0.2, 0.25) is 0 Å². The Hall–Kier alpha value is -1.86. The molecule has 0 aliphatic carbocycles. The Morgan fingerprint density at radius 3 is 2.78 bits per heavy atom. The number of halogens is 1. The zero-order valence-corrected chi connectivity index (χ0v) is 13.9. The maximum Gasteiger partial charge on any atom is 0.273 e. The van der Waals surface area contributed by atoms with Gasteiger partial charge in [-0.1, -0.05) is 13.0 Å². The molecule has 2 rings (SSSR count). The first-order valence-electron chi connectivity index (χ1n) is 7.33. The fourth-order valence-corrected chi connectivity index (χ4v) is 2.41. The maximum absolute atomic E-state index is 11.8. The molecule has 1 aromatic rings. The van der Waals surface area contributed by atoms with Crippen molar-refractivity contribution >= 4 is 24.0 Å². The number of nitro groups is 1. The fraction of sp³-hybridized carbons (Fsp3) is 0.533. The summed E-state index contributed by atoms with van der Waals surface area (Å²) in [5.74, 6) is 0.101. The molecule has 8 heteroatoms. The Bertz CT molecular complexity index is 547. The molecule has 1 saturated heterocycles. The highest BCUT2D eigenvalue weighted by atomic mass is 35.5. The highest BCUT2D eigenvalue weighted by molar-refractivity contribution is 5.85. The van der Waals surface area contributed by atoms with Crippen LogP contribution in [0.2, 0.25) is 0 Å². The van der Waals surface area contributed by atoms with Crippen LogP contribution in [0.4, 0.5) is 5.69 Å². The highest BCUT2D eigenvalue weighted by Gasteiger charge is 2.26. The van der Waals surface area contributed by atoms with Crippen LogP contribution in [0, 0.1) is 15.5 Å². The standard InChI is InChI=1S/C15H21N3O4.ClH/c1-15(5-7-16-8-6-15)11-17-14(19)10-22-13-4-2-3-12(9-13)18(20)21;/h2-4,9,16H,5-8,10-11H2,1H3,(H,17,19);1H. The van der Waals surface area contributed by atoms with Crippen molar-refractivity contribution in [3.05, 3.63) is 34.4 Å². The van der Waals surface area contributed by atoms with Crippen LogP contribution in [-0.2, 0) is 4.79 Å². The van der Waals surface area contributed by atoms with Crippen molar-refractivity contribution in [2.75, 3.05) is 26.2 Å². The molecule has 0 atom stereocenters. The molecule has 2 N–H and O–H groups in total. The van der Waals surface area contributed by atoms with Crippen LogP contribution < -0.4 is 15.4 Å². The van der Waals surface area contributed by atoms with Crippen molar-refractivity contribution in [1.82, 2.24) is 10.6 Å². The average molecular weight is 344 g/mol. The topological polar surface area (TPSA) is 93.5 Å². The Balaban J connectivity index is 0.00000264. The van der Waals surface area contributed by atoms with Crippen molar-refractivity contribution in [2.45, 2.75) is 19.8 Å². The van der Waals surface area contributed by atoms with Crippen LogP contribution in [-0.4, -0.2) is 37.1 Å². The third-order valence-electron chi connectivity index (χ3n) is 3.92. The number of benzene rings is 1. The molecule has 23 heavy (non-hydrogen) atoms. The number of piperidine rings is 1. The van der Waals surface area contributed by atoms with E-state index in [1.165, 1.54) is 18.2 Å². The summed E-state index contributed by atoms with van der Waals surface area (Å²) in [7, 11) is 0. The smallest absolute Gasteiger partial charge is 0.273 e. The molecule has 0 spiro atoms. The maximum atomic E-state index is 11.8. The summed E-state index contributed by atoms with van der Waals surface area (Å²) in [4.78, 5) is 22.0. The number of carbonyl (C=O) groups excluding carboxylic acids is 1. The predicted octanol–water partition coefficient (Wildman–Crippen LogP) is 1.90. The average Bonchev–Trinajstić information content (AvgIpc) is 2.52. The van der Waals surface area contributed by atoms with Crippen LogP contribution in [0.25, 0.3) is 0 Å². The van der Waals surface area contributed by atoms with Gasteiger partial charge in [-0.3, -0.25) is 14.9 Å². The summed E-state index contributed by atoms with van der Waals surface area (Å²) in [6, 6.07) is 5.81. The monoisotopic (exact) mass is 343 g/mol. The van der Waals surface area contributed by atoms with Crippen LogP contribution in [0.1, 0.15) is 19.8 Å². The molecule has 1 aromatic carbocycles. The SMILES string of the molecule is CC1(CNC(=O)COc2cccc([N+](=O)[O-])c2)CCNCC1.Cl. The number of rotatable bonds is 6. The predicted molar refractivity (Wildman–Crippen MR) is 89.1 cm³/mol. The fourth-order valence-electron chi connectivity index (χ4n) is 2.41. The van der Waals surface area contributed by atoms with Gasteiger partial charge in [0.15, 0.2) is 6.61 Å². The zero-order chi connectivity index (χ0) is 16.0. The third kappa shape index (κ3) is 6.03. The molecule has 0 saturated carbocycles. The second-order valence-electron chi connectivity index (χ2n) is 5.88. The van der Waals surface area contributed by atoms with Crippen LogP contribution in [0.3, 0.4) is 0 Å². The number of amides is 1. The molecule has 0 aromatic heterocycles. The van der Waals surface area contributed by atoms with Crippen LogP contribution >= 0.6 is 12.4 Å². The number of nitrogens with one attached hydrogen (secondary N) is 2. The quantitative estimate of drug-likeness (QED) is 0.607. The van der Waals surface area contributed by atoms with E-state index in [1.807, 2.05) is 0 Å². The minimum Gasteiger partial charge on any atom is -0.484 e. The summed E-state index contributed by atoms with van der Waals surface area (Å²) < 4.78 is 5.30. The Morgan fingerprint density at radius 1 is 1.43 bits per heavy atom. The Kier molecular flexibility index (Phi) is 7.25.